The molecule has 2 unspecified atom stereocenters. The Morgan fingerprint density at radius 3 is 3.06 bits per heavy atom. The average molecular weight is 245 g/mol. The first kappa shape index (κ1) is 12.7. The number of nitrogen functional groups attached to an aromatic ring is 1. The van der Waals surface area contributed by atoms with Crippen LogP contribution in [0.2, 0.25) is 0 Å². The van der Waals surface area contributed by atoms with Gasteiger partial charge < -0.3 is 15.8 Å². The molecule has 1 aliphatic rings. The topological polar surface area (TPSA) is 71.1 Å². The Labute approximate surface area is 108 Å². The first-order valence-electron chi connectivity index (χ1n) is 6.31. The van der Waals surface area contributed by atoms with Crippen LogP contribution in [0.1, 0.15) is 18.9 Å². The molecule has 4 nitrogen and oxygen atoms in total. The Balaban J connectivity index is 1.97. The second-order valence-electron chi connectivity index (χ2n) is 4.75. The van der Waals surface area contributed by atoms with Crippen molar-refractivity contribution >= 4 is 11.4 Å². The number of nitriles is 1. The number of nitrogens with two attached hydrogens (primary N) is 1. The van der Waals surface area contributed by atoms with Gasteiger partial charge in [-0.05, 0) is 37.1 Å². The number of rotatable bonds is 4. The summed E-state index contributed by atoms with van der Waals surface area (Å²) in [5.41, 5.74) is 8.41. The molecule has 1 heterocycles. The van der Waals surface area contributed by atoms with E-state index >= 15 is 0 Å². The summed E-state index contributed by atoms with van der Waals surface area (Å²) in [4.78, 5) is 0. The van der Waals surface area contributed by atoms with Crippen molar-refractivity contribution in [3.05, 3.63) is 23.8 Å². The molecular weight excluding hydrogens is 226 g/mol. The van der Waals surface area contributed by atoms with Crippen LogP contribution in [0, 0.1) is 17.2 Å². The lowest BCUT2D eigenvalue weighted by Crippen LogP contribution is -2.20. The van der Waals surface area contributed by atoms with Crippen molar-refractivity contribution in [2.45, 2.75) is 25.9 Å². The Morgan fingerprint density at radius 2 is 2.39 bits per heavy atom. The number of ether oxygens (including phenoxy) is 1. The highest BCUT2D eigenvalue weighted by molar-refractivity contribution is 5.58. The van der Waals surface area contributed by atoms with Crippen molar-refractivity contribution < 1.29 is 4.74 Å². The van der Waals surface area contributed by atoms with Crippen molar-refractivity contribution in [1.82, 2.24) is 0 Å². The summed E-state index contributed by atoms with van der Waals surface area (Å²) in [5.74, 6) is 0.557. The summed E-state index contributed by atoms with van der Waals surface area (Å²) in [5, 5.41) is 12.1. The zero-order valence-corrected chi connectivity index (χ0v) is 10.6. The molecule has 1 aliphatic heterocycles. The molecule has 0 spiro atoms. The molecule has 1 fully saturated rings. The first-order chi connectivity index (χ1) is 8.70. The predicted octanol–water partition coefficient (Wildman–Crippen LogP) is 2.17. The zero-order chi connectivity index (χ0) is 13.0. The minimum atomic E-state index is 0.324. The van der Waals surface area contributed by atoms with Crippen molar-refractivity contribution in [2.75, 3.05) is 24.2 Å². The fourth-order valence-corrected chi connectivity index (χ4v) is 2.25. The van der Waals surface area contributed by atoms with Gasteiger partial charge in [0.05, 0.1) is 18.6 Å². The lowest BCUT2D eigenvalue weighted by molar-refractivity contribution is 0.108. The van der Waals surface area contributed by atoms with E-state index in [-0.39, 0.29) is 0 Å². The van der Waals surface area contributed by atoms with Gasteiger partial charge in [-0.15, -0.1) is 0 Å². The highest BCUT2D eigenvalue weighted by atomic mass is 16.5. The third-order valence-electron chi connectivity index (χ3n) is 3.51. The summed E-state index contributed by atoms with van der Waals surface area (Å²) >= 11 is 0. The van der Waals surface area contributed by atoms with Crippen molar-refractivity contribution in [3.8, 4) is 6.07 Å². The van der Waals surface area contributed by atoms with Crippen LogP contribution in [0.4, 0.5) is 11.4 Å². The van der Waals surface area contributed by atoms with Gasteiger partial charge in [-0.2, -0.15) is 5.26 Å². The third-order valence-corrected chi connectivity index (χ3v) is 3.51. The molecule has 0 saturated carbocycles. The van der Waals surface area contributed by atoms with Crippen molar-refractivity contribution in [3.63, 3.8) is 0 Å². The monoisotopic (exact) mass is 245 g/mol. The molecule has 1 aromatic rings. The SMILES string of the molecule is CC1OCCC1CNc1ccc(N)c(CC#N)c1. The number of nitrogens with one attached hydrogen (secondary N) is 1. The van der Waals surface area contributed by atoms with Crippen molar-refractivity contribution in [1.29, 1.82) is 5.26 Å². The molecule has 1 saturated heterocycles. The fourth-order valence-electron chi connectivity index (χ4n) is 2.25. The average Bonchev–Trinajstić information content (AvgIpc) is 2.76. The van der Waals surface area contributed by atoms with E-state index in [4.69, 9.17) is 15.7 Å². The molecule has 0 amide bonds. The molecular formula is C14H19N3O. The van der Waals surface area contributed by atoms with Gasteiger partial charge >= 0.3 is 0 Å². The zero-order valence-electron chi connectivity index (χ0n) is 10.6. The summed E-state index contributed by atoms with van der Waals surface area (Å²) in [6.07, 6.45) is 1.78. The van der Waals surface area contributed by atoms with Crippen LogP contribution in [0.5, 0.6) is 0 Å². The van der Waals surface area contributed by atoms with Gasteiger partial charge in [-0.25, -0.2) is 0 Å². The normalized spacial score (nSPS) is 22.7. The molecule has 96 valence electrons. The summed E-state index contributed by atoms with van der Waals surface area (Å²) < 4.78 is 5.53. The minimum absolute atomic E-state index is 0.324. The number of nitrogens with zero attached hydrogens (tertiary/aromatic N) is 1. The van der Waals surface area contributed by atoms with Crippen LogP contribution in [0.3, 0.4) is 0 Å². The maximum atomic E-state index is 8.73. The van der Waals surface area contributed by atoms with Gasteiger partial charge in [0, 0.05) is 30.4 Å². The molecule has 18 heavy (non-hydrogen) atoms. The number of anilines is 2. The van der Waals surface area contributed by atoms with E-state index in [2.05, 4.69) is 18.3 Å². The summed E-state index contributed by atoms with van der Waals surface area (Å²) in [7, 11) is 0. The molecule has 0 aliphatic carbocycles. The van der Waals surface area contributed by atoms with Crippen LogP contribution in [0.25, 0.3) is 0 Å². The molecule has 0 radical (unpaired) electrons. The van der Waals surface area contributed by atoms with E-state index in [0.29, 0.717) is 24.1 Å². The number of benzene rings is 1. The van der Waals surface area contributed by atoms with Crippen LogP contribution in [-0.2, 0) is 11.2 Å². The molecule has 2 rings (SSSR count). The molecule has 3 N–H and O–H groups in total. The number of hydrogen-bond donors (Lipinski definition) is 2. The van der Waals surface area contributed by atoms with E-state index in [1.807, 2.05) is 18.2 Å². The second kappa shape index (κ2) is 5.74. The third kappa shape index (κ3) is 2.93. The van der Waals surface area contributed by atoms with Gasteiger partial charge in [-0.1, -0.05) is 0 Å². The van der Waals surface area contributed by atoms with Gasteiger partial charge in [0.15, 0.2) is 0 Å². The molecule has 4 heteroatoms. The van der Waals surface area contributed by atoms with Crippen molar-refractivity contribution in [2.24, 2.45) is 5.92 Å². The minimum Gasteiger partial charge on any atom is -0.398 e. The quantitative estimate of drug-likeness (QED) is 0.797. The van der Waals surface area contributed by atoms with Gasteiger partial charge in [-0.3, -0.25) is 0 Å². The highest BCUT2D eigenvalue weighted by Gasteiger charge is 2.23. The maximum absolute atomic E-state index is 8.73. The Hall–Kier alpha value is -1.73. The van der Waals surface area contributed by atoms with E-state index in [0.717, 1.165) is 30.8 Å². The molecule has 1 aromatic carbocycles. The first-order valence-corrected chi connectivity index (χ1v) is 6.31. The lowest BCUT2D eigenvalue weighted by atomic mass is 10.0. The van der Waals surface area contributed by atoms with Gasteiger partial charge in [0.1, 0.15) is 0 Å². The Morgan fingerprint density at radius 1 is 1.56 bits per heavy atom. The Kier molecular flexibility index (Phi) is 4.06. The van der Waals surface area contributed by atoms with Crippen LogP contribution in [-0.4, -0.2) is 19.3 Å². The molecule has 0 bridgehead atoms. The second-order valence-corrected chi connectivity index (χ2v) is 4.75. The van der Waals surface area contributed by atoms with Crippen LogP contribution < -0.4 is 11.1 Å². The predicted molar refractivity (Wildman–Crippen MR) is 72.2 cm³/mol. The smallest absolute Gasteiger partial charge is 0.0670 e. The fraction of sp³-hybridized carbons (Fsp3) is 0.500. The van der Waals surface area contributed by atoms with Crippen LogP contribution in [0.15, 0.2) is 18.2 Å². The summed E-state index contributed by atoms with van der Waals surface area (Å²) in [6.45, 7) is 3.87. The van der Waals surface area contributed by atoms with Gasteiger partial charge in [0.2, 0.25) is 0 Å². The van der Waals surface area contributed by atoms with E-state index in [1.165, 1.54) is 0 Å². The molecule has 2 atom stereocenters. The lowest BCUT2D eigenvalue weighted by Gasteiger charge is -2.16. The highest BCUT2D eigenvalue weighted by Crippen LogP contribution is 2.22. The van der Waals surface area contributed by atoms with E-state index in [1.54, 1.807) is 0 Å². The Bertz CT molecular complexity index is 453. The standard InChI is InChI=1S/C14H19N3O/c1-10-12(5-7-18-10)9-17-13-2-3-14(16)11(8-13)4-6-15/h2-3,8,10,12,17H,4-5,7,9,16H2,1H3. The van der Waals surface area contributed by atoms with Crippen LogP contribution >= 0.6 is 0 Å². The maximum Gasteiger partial charge on any atom is 0.0670 e. The number of hydrogen-bond acceptors (Lipinski definition) is 4. The molecule has 0 aromatic heterocycles. The van der Waals surface area contributed by atoms with E-state index < -0.39 is 0 Å². The van der Waals surface area contributed by atoms with E-state index in [9.17, 15) is 0 Å². The van der Waals surface area contributed by atoms with Gasteiger partial charge in [0.25, 0.3) is 0 Å². The summed E-state index contributed by atoms with van der Waals surface area (Å²) in [6, 6.07) is 7.89. The largest absolute Gasteiger partial charge is 0.398 e.